The summed E-state index contributed by atoms with van der Waals surface area (Å²) in [7, 11) is 1.71. The van der Waals surface area contributed by atoms with E-state index in [9.17, 15) is 4.79 Å². The summed E-state index contributed by atoms with van der Waals surface area (Å²) in [6.07, 6.45) is 16.3. The summed E-state index contributed by atoms with van der Waals surface area (Å²) in [5, 5.41) is 0. The van der Waals surface area contributed by atoms with Gasteiger partial charge in [-0.15, -0.1) is 0 Å². The molecule has 0 N–H and O–H groups in total. The highest BCUT2D eigenvalue weighted by molar-refractivity contribution is 5.69. The van der Waals surface area contributed by atoms with E-state index in [1.165, 1.54) is 57.8 Å². The van der Waals surface area contributed by atoms with E-state index in [2.05, 4.69) is 27.7 Å². The van der Waals surface area contributed by atoms with E-state index in [4.69, 9.17) is 9.47 Å². The van der Waals surface area contributed by atoms with Gasteiger partial charge in [-0.2, -0.15) is 0 Å². The SMILES string of the molecule is CCCCCCCC(COC(=O)CCCCCCCC(C)(C)CC)OC. The van der Waals surface area contributed by atoms with Crippen molar-refractivity contribution in [1.29, 1.82) is 0 Å². The van der Waals surface area contributed by atoms with Crippen LogP contribution in [0.4, 0.5) is 0 Å². The van der Waals surface area contributed by atoms with Crippen LogP contribution in [0.2, 0.25) is 0 Å². The minimum Gasteiger partial charge on any atom is -0.463 e. The Kier molecular flexibility index (Phi) is 16.2. The Labute approximate surface area is 163 Å². The second-order valence-corrected chi connectivity index (χ2v) is 8.53. The predicted molar refractivity (Wildman–Crippen MR) is 112 cm³/mol. The number of esters is 1. The van der Waals surface area contributed by atoms with Crippen molar-refractivity contribution in [2.75, 3.05) is 13.7 Å². The highest BCUT2D eigenvalue weighted by atomic mass is 16.6. The second-order valence-electron chi connectivity index (χ2n) is 8.53. The standard InChI is InChI=1S/C23H46O3/c1-6-8-9-11-14-17-21(25-5)20-26-22(24)18-15-12-10-13-16-19-23(3,4)7-2/h21H,6-20H2,1-5H3. The van der Waals surface area contributed by atoms with Crippen molar-refractivity contribution < 1.29 is 14.3 Å². The van der Waals surface area contributed by atoms with E-state index in [1.807, 2.05) is 0 Å². The first kappa shape index (κ1) is 25.4. The second kappa shape index (κ2) is 16.6. The molecule has 1 atom stereocenters. The molecule has 0 spiro atoms. The van der Waals surface area contributed by atoms with Gasteiger partial charge in [0.25, 0.3) is 0 Å². The topological polar surface area (TPSA) is 35.5 Å². The van der Waals surface area contributed by atoms with Gasteiger partial charge in [0.1, 0.15) is 6.61 Å². The van der Waals surface area contributed by atoms with Gasteiger partial charge in [0, 0.05) is 13.5 Å². The van der Waals surface area contributed by atoms with E-state index in [0.717, 1.165) is 25.7 Å². The maximum Gasteiger partial charge on any atom is 0.305 e. The van der Waals surface area contributed by atoms with Crippen molar-refractivity contribution >= 4 is 5.97 Å². The Balaban J connectivity index is 3.57. The van der Waals surface area contributed by atoms with E-state index in [1.54, 1.807) is 7.11 Å². The zero-order chi connectivity index (χ0) is 19.7. The fraction of sp³-hybridized carbons (Fsp3) is 0.957. The van der Waals surface area contributed by atoms with Crippen molar-refractivity contribution in [3.8, 4) is 0 Å². The zero-order valence-corrected chi connectivity index (χ0v) is 18.4. The number of hydrogen-bond donors (Lipinski definition) is 0. The molecule has 0 amide bonds. The number of hydrogen-bond acceptors (Lipinski definition) is 3. The molecule has 0 saturated carbocycles. The summed E-state index contributed by atoms with van der Waals surface area (Å²) in [5.41, 5.74) is 0.484. The van der Waals surface area contributed by atoms with E-state index < -0.39 is 0 Å². The normalized spacial score (nSPS) is 13.0. The van der Waals surface area contributed by atoms with Crippen LogP contribution in [-0.4, -0.2) is 25.8 Å². The summed E-state index contributed by atoms with van der Waals surface area (Å²) in [5.74, 6) is -0.0647. The van der Waals surface area contributed by atoms with Crippen LogP contribution in [0.3, 0.4) is 0 Å². The maximum absolute atomic E-state index is 11.9. The number of carbonyl (C=O) groups is 1. The van der Waals surface area contributed by atoms with Crippen LogP contribution in [0.5, 0.6) is 0 Å². The van der Waals surface area contributed by atoms with Gasteiger partial charge >= 0.3 is 5.97 Å². The molecular weight excluding hydrogens is 324 g/mol. The molecule has 0 aliphatic rings. The molecule has 0 aliphatic heterocycles. The van der Waals surface area contributed by atoms with E-state index in [0.29, 0.717) is 18.4 Å². The van der Waals surface area contributed by atoms with Crippen molar-refractivity contribution in [3.63, 3.8) is 0 Å². The van der Waals surface area contributed by atoms with Crippen molar-refractivity contribution in [1.82, 2.24) is 0 Å². The van der Waals surface area contributed by atoms with Crippen LogP contribution in [0.25, 0.3) is 0 Å². The molecule has 3 nitrogen and oxygen atoms in total. The first-order valence-electron chi connectivity index (χ1n) is 11.1. The fourth-order valence-electron chi connectivity index (χ4n) is 3.08. The Hall–Kier alpha value is -0.570. The average molecular weight is 371 g/mol. The summed E-state index contributed by atoms with van der Waals surface area (Å²) in [6.45, 7) is 9.61. The summed E-state index contributed by atoms with van der Waals surface area (Å²) >= 11 is 0. The Morgan fingerprint density at radius 3 is 2.15 bits per heavy atom. The number of ether oxygens (including phenoxy) is 2. The number of carbonyl (C=O) groups excluding carboxylic acids is 1. The third kappa shape index (κ3) is 15.7. The molecule has 0 aromatic rings. The highest BCUT2D eigenvalue weighted by Gasteiger charge is 2.14. The van der Waals surface area contributed by atoms with Crippen molar-refractivity contribution in [3.05, 3.63) is 0 Å². The molecule has 1 unspecified atom stereocenters. The van der Waals surface area contributed by atoms with Crippen LogP contribution in [0, 0.1) is 5.41 Å². The van der Waals surface area contributed by atoms with Crippen LogP contribution in [0.15, 0.2) is 0 Å². The fourth-order valence-corrected chi connectivity index (χ4v) is 3.08. The van der Waals surface area contributed by atoms with Gasteiger partial charge in [0.05, 0.1) is 6.10 Å². The lowest BCUT2D eigenvalue weighted by Gasteiger charge is -2.22. The minimum absolute atomic E-state index is 0.0579. The predicted octanol–water partition coefficient (Wildman–Crippen LogP) is 7.07. The number of unbranched alkanes of at least 4 members (excludes halogenated alkanes) is 8. The van der Waals surface area contributed by atoms with Crippen LogP contribution >= 0.6 is 0 Å². The van der Waals surface area contributed by atoms with Gasteiger partial charge in [0.15, 0.2) is 0 Å². The lowest BCUT2D eigenvalue weighted by molar-refractivity contribution is -0.147. The Morgan fingerprint density at radius 1 is 0.885 bits per heavy atom. The summed E-state index contributed by atoms with van der Waals surface area (Å²) in [4.78, 5) is 11.9. The molecular formula is C23H46O3. The van der Waals surface area contributed by atoms with E-state index in [-0.39, 0.29) is 12.1 Å². The number of methoxy groups -OCH3 is 1. The van der Waals surface area contributed by atoms with Gasteiger partial charge < -0.3 is 9.47 Å². The Morgan fingerprint density at radius 2 is 1.50 bits per heavy atom. The monoisotopic (exact) mass is 370 g/mol. The van der Waals surface area contributed by atoms with Gasteiger partial charge in [0.2, 0.25) is 0 Å². The minimum atomic E-state index is -0.0647. The molecule has 26 heavy (non-hydrogen) atoms. The third-order valence-electron chi connectivity index (χ3n) is 5.58. The molecule has 0 rings (SSSR count). The number of rotatable bonds is 18. The highest BCUT2D eigenvalue weighted by Crippen LogP contribution is 2.27. The first-order chi connectivity index (χ1) is 12.4. The molecule has 0 bridgehead atoms. The first-order valence-corrected chi connectivity index (χ1v) is 11.1. The zero-order valence-electron chi connectivity index (χ0n) is 18.4. The largest absolute Gasteiger partial charge is 0.463 e. The molecule has 0 saturated heterocycles. The molecule has 0 aromatic carbocycles. The maximum atomic E-state index is 11.9. The van der Waals surface area contributed by atoms with Gasteiger partial charge in [-0.25, -0.2) is 0 Å². The van der Waals surface area contributed by atoms with Gasteiger partial charge in [-0.05, 0) is 24.7 Å². The molecule has 0 aliphatic carbocycles. The van der Waals surface area contributed by atoms with Crippen LogP contribution in [0.1, 0.15) is 118 Å². The smallest absolute Gasteiger partial charge is 0.305 e. The van der Waals surface area contributed by atoms with E-state index >= 15 is 0 Å². The Bertz CT molecular complexity index is 325. The molecule has 0 radical (unpaired) electrons. The lowest BCUT2D eigenvalue weighted by atomic mass is 9.84. The third-order valence-corrected chi connectivity index (χ3v) is 5.58. The van der Waals surface area contributed by atoms with Crippen molar-refractivity contribution in [2.24, 2.45) is 5.41 Å². The average Bonchev–Trinajstić information content (AvgIpc) is 2.63. The van der Waals surface area contributed by atoms with Crippen LogP contribution < -0.4 is 0 Å². The molecule has 0 heterocycles. The van der Waals surface area contributed by atoms with Crippen molar-refractivity contribution in [2.45, 2.75) is 124 Å². The quantitative estimate of drug-likeness (QED) is 0.191. The lowest BCUT2D eigenvalue weighted by Crippen LogP contribution is -2.20. The molecule has 0 aromatic heterocycles. The molecule has 0 fully saturated rings. The molecule has 156 valence electrons. The van der Waals surface area contributed by atoms with Gasteiger partial charge in [-0.3, -0.25) is 4.79 Å². The van der Waals surface area contributed by atoms with Crippen LogP contribution in [-0.2, 0) is 14.3 Å². The molecule has 3 heteroatoms. The summed E-state index contributed by atoms with van der Waals surface area (Å²) < 4.78 is 10.8. The van der Waals surface area contributed by atoms with Gasteiger partial charge in [-0.1, -0.05) is 91.9 Å². The summed E-state index contributed by atoms with van der Waals surface area (Å²) in [6, 6.07) is 0.